The SMILES string of the molecule is COCCCNC(=O)COc1ccc(Cl)c2cccnc12. The minimum atomic E-state index is -0.176. The van der Waals surface area contributed by atoms with Gasteiger partial charge in [0.1, 0.15) is 11.3 Å². The molecule has 0 fully saturated rings. The van der Waals surface area contributed by atoms with E-state index in [1.54, 1.807) is 31.5 Å². The number of hydrogen-bond donors (Lipinski definition) is 1. The zero-order valence-electron chi connectivity index (χ0n) is 11.8. The molecule has 1 heterocycles. The minimum absolute atomic E-state index is 0.0553. The van der Waals surface area contributed by atoms with E-state index in [1.807, 2.05) is 6.07 Å². The molecule has 6 heteroatoms. The second-order valence-electron chi connectivity index (χ2n) is 4.43. The number of ether oxygens (including phenoxy) is 2. The van der Waals surface area contributed by atoms with Gasteiger partial charge in [0.2, 0.25) is 0 Å². The first kappa shape index (κ1) is 15.5. The average molecular weight is 309 g/mol. The average Bonchev–Trinajstić information content (AvgIpc) is 2.51. The monoisotopic (exact) mass is 308 g/mol. The number of aromatic nitrogens is 1. The lowest BCUT2D eigenvalue weighted by Crippen LogP contribution is -2.30. The zero-order valence-corrected chi connectivity index (χ0v) is 12.5. The molecule has 5 nitrogen and oxygen atoms in total. The predicted molar refractivity (Wildman–Crippen MR) is 81.8 cm³/mol. The maximum Gasteiger partial charge on any atom is 0.257 e. The number of halogens is 1. The third-order valence-corrected chi connectivity index (χ3v) is 3.22. The normalized spacial score (nSPS) is 10.6. The van der Waals surface area contributed by atoms with Crippen molar-refractivity contribution in [2.75, 3.05) is 26.9 Å². The van der Waals surface area contributed by atoms with Crippen LogP contribution in [0.4, 0.5) is 0 Å². The number of nitrogens with zero attached hydrogens (tertiary/aromatic N) is 1. The molecule has 0 aliphatic carbocycles. The van der Waals surface area contributed by atoms with Crippen LogP contribution in [0.2, 0.25) is 5.02 Å². The Morgan fingerprint density at radius 3 is 3.05 bits per heavy atom. The molecule has 0 radical (unpaired) electrons. The third-order valence-electron chi connectivity index (χ3n) is 2.89. The van der Waals surface area contributed by atoms with Crippen LogP contribution >= 0.6 is 11.6 Å². The Bertz CT molecular complexity index is 619. The van der Waals surface area contributed by atoms with Gasteiger partial charge in [0, 0.05) is 31.8 Å². The molecule has 0 atom stereocenters. The fraction of sp³-hybridized carbons (Fsp3) is 0.333. The molecule has 0 saturated heterocycles. The highest BCUT2D eigenvalue weighted by Crippen LogP contribution is 2.29. The number of carbonyl (C=O) groups excluding carboxylic acids is 1. The summed E-state index contributed by atoms with van der Waals surface area (Å²) in [5.74, 6) is 0.368. The molecule has 112 valence electrons. The summed E-state index contributed by atoms with van der Waals surface area (Å²) in [4.78, 5) is 15.9. The highest BCUT2D eigenvalue weighted by molar-refractivity contribution is 6.35. The number of nitrogens with one attached hydrogen (secondary N) is 1. The van der Waals surface area contributed by atoms with Gasteiger partial charge < -0.3 is 14.8 Å². The van der Waals surface area contributed by atoms with Crippen LogP contribution in [0, 0.1) is 0 Å². The number of fused-ring (bicyclic) bond motifs is 1. The van der Waals surface area contributed by atoms with Gasteiger partial charge in [-0.2, -0.15) is 0 Å². The topological polar surface area (TPSA) is 60.5 Å². The highest BCUT2D eigenvalue weighted by atomic mass is 35.5. The van der Waals surface area contributed by atoms with Crippen molar-refractivity contribution in [2.45, 2.75) is 6.42 Å². The number of amides is 1. The molecule has 0 bridgehead atoms. The number of benzene rings is 1. The van der Waals surface area contributed by atoms with Gasteiger partial charge in [-0.05, 0) is 30.7 Å². The highest BCUT2D eigenvalue weighted by Gasteiger charge is 2.08. The fourth-order valence-corrected chi connectivity index (χ4v) is 2.08. The van der Waals surface area contributed by atoms with Crippen molar-refractivity contribution in [1.29, 1.82) is 0 Å². The van der Waals surface area contributed by atoms with Gasteiger partial charge in [-0.3, -0.25) is 9.78 Å². The van der Waals surface area contributed by atoms with Crippen LogP contribution in [0.1, 0.15) is 6.42 Å². The van der Waals surface area contributed by atoms with E-state index >= 15 is 0 Å². The minimum Gasteiger partial charge on any atom is -0.481 e. The molecular weight excluding hydrogens is 292 g/mol. The maximum absolute atomic E-state index is 11.7. The summed E-state index contributed by atoms with van der Waals surface area (Å²) < 4.78 is 10.4. The summed E-state index contributed by atoms with van der Waals surface area (Å²) in [6, 6.07) is 7.12. The standard InChI is InChI=1S/C15H17ClN2O3/c1-20-9-3-8-17-14(19)10-21-13-6-5-12(16)11-4-2-7-18-15(11)13/h2,4-7H,3,8-10H2,1H3,(H,17,19). The molecule has 2 aromatic rings. The fourth-order valence-electron chi connectivity index (χ4n) is 1.87. The van der Waals surface area contributed by atoms with Crippen molar-refractivity contribution in [3.05, 3.63) is 35.5 Å². The first-order valence-electron chi connectivity index (χ1n) is 6.64. The Morgan fingerprint density at radius 1 is 1.38 bits per heavy atom. The number of carbonyl (C=O) groups is 1. The summed E-state index contributed by atoms with van der Waals surface area (Å²) in [5.41, 5.74) is 0.650. The van der Waals surface area contributed by atoms with Crippen molar-refractivity contribution < 1.29 is 14.3 Å². The van der Waals surface area contributed by atoms with E-state index in [0.29, 0.717) is 29.4 Å². The van der Waals surface area contributed by atoms with Crippen LogP contribution in [-0.4, -0.2) is 37.8 Å². The van der Waals surface area contributed by atoms with Crippen LogP contribution in [-0.2, 0) is 9.53 Å². The van der Waals surface area contributed by atoms with Gasteiger partial charge in [-0.15, -0.1) is 0 Å². The lowest BCUT2D eigenvalue weighted by molar-refractivity contribution is -0.123. The largest absolute Gasteiger partial charge is 0.481 e. The number of rotatable bonds is 7. The van der Waals surface area contributed by atoms with E-state index in [4.69, 9.17) is 21.1 Å². The third kappa shape index (κ3) is 4.31. The van der Waals surface area contributed by atoms with E-state index < -0.39 is 0 Å². The van der Waals surface area contributed by atoms with Crippen LogP contribution in [0.5, 0.6) is 5.75 Å². The summed E-state index contributed by atoms with van der Waals surface area (Å²) >= 11 is 6.10. The number of pyridine rings is 1. The molecule has 0 spiro atoms. The summed E-state index contributed by atoms with van der Waals surface area (Å²) in [6.45, 7) is 1.13. The van der Waals surface area contributed by atoms with Crippen LogP contribution in [0.25, 0.3) is 10.9 Å². The molecule has 0 saturated carbocycles. The van der Waals surface area contributed by atoms with E-state index in [9.17, 15) is 4.79 Å². The number of methoxy groups -OCH3 is 1. The van der Waals surface area contributed by atoms with E-state index in [-0.39, 0.29) is 12.5 Å². The van der Waals surface area contributed by atoms with Crippen LogP contribution in [0.15, 0.2) is 30.5 Å². The summed E-state index contributed by atoms with van der Waals surface area (Å²) in [7, 11) is 1.63. The molecule has 1 aromatic heterocycles. The molecule has 0 unspecified atom stereocenters. The van der Waals surface area contributed by atoms with Gasteiger partial charge >= 0.3 is 0 Å². The maximum atomic E-state index is 11.7. The molecule has 1 amide bonds. The molecule has 1 N–H and O–H groups in total. The molecule has 1 aromatic carbocycles. The van der Waals surface area contributed by atoms with E-state index in [2.05, 4.69) is 10.3 Å². The van der Waals surface area contributed by atoms with Crippen molar-refractivity contribution >= 4 is 28.4 Å². The molecular formula is C15H17ClN2O3. The Morgan fingerprint density at radius 2 is 2.24 bits per heavy atom. The Labute approximate surface area is 128 Å². The van der Waals surface area contributed by atoms with Crippen molar-refractivity contribution in [2.24, 2.45) is 0 Å². The van der Waals surface area contributed by atoms with Gasteiger partial charge in [-0.1, -0.05) is 11.6 Å². The zero-order chi connectivity index (χ0) is 15.1. The van der Waals surface area contributed by atoms with Gasteiger partial charge in [0.05, 0.1) is 5.02 Å². The van der Waals surface area contributed by atoms with Gasteiger partial charge in [-0.25, -0.2) is 0 Å². The second kappa shape index (κ2) is 7.81. The summed E-state index contributed by atoms with van der Waals surface area (Å²) in [6.07, 6.45) is 2.43. The smallest absolute Gasteiger partial charge is 0.257 e. The quantitative estimate of drug-likeness (QED) is 0.798. The van der Waals surface area contributed by atoms with Crippen molar-refractivity contribution in [3.63, 3.8) is 0 Å². The van der Waals surface area contributed by atoms with Gasteiger partial charge in [0.25, 0.3) is 5.91 Å². The van der Waals surface area contributed by atoms with Crippen LogP contribution in [0.3, 0.4) is 0 Å². The molecule has 0 aliphatic rings. The van der Waals surface area contributed by atoms with Crippen molar-refractivity contribution in [3.8, 4) is 5.75 Å². The second-order valence-corrected chi connectivity index (χ2v) is 4.84. The predicted octanol–water partition coefficient (Wildman–Crippen LogP) is 2.42. The molecule has 21 heavy (non-hydrogen) atoms. The van der Waals surface area contributed by atoms with Gasteiger partial charge in [0.15, 0.2) is 6.61 Å². The van der Waals surface area contributed by atoms with Crippen molar-refractivity contribution in [1.82, 2.24) is 10.3 Å². The Hall–Kier alpha value is -1.85. The first-order valence-corrected chi connectivity index (χ1v) is 7.02. The summed E-state index contributed by atoms with van der Waals surface area (Å²) in [5, 5.41) is 4.17. The molecule has 2 rings (SSSR count). The Kier molecular flexibility index (Phi) is 5.78. The lowest BCUT2D eigenvalue weighted by atomic mass is 10.2. The van der Waals surface area contributed by atoms with E-state index in [0.717, 1.165) is 11.8 Å². The first-order chi connectivity index (χ1) is 10.2. The van der Waals surface area contributed by atoms with E-state index in [1.165, 1.54) is 0 Å². The number of hydrogen-bond acceptors (Lipinski definition) is 4. The van der Waals surface area contributed by atoms with Crippen LogP contribution < -0.4 is 10.1 Å². The molecule has 0 aliphatic heterocycles. The Balaban J connectivity index is 1.95. The lowest BCUT2D eigenvalue weighted by Gasteiger charge is -2.10.